The van der Waals surface area contributed by atoms with Gasteiger partial charge in [0.15, 0.2) is 5.03 Å². The van der Waals surface area contributed by atoms with Crippen LogP contribution in [0.2, 0.25) is 0 Å². The maximum absolute atomic E-state index is 12.6. The number of thioether (sulfide) groups is 1. The Bertz CT molecular complexity index is 2450. The van der Waals surface area contributed by atoms with Crippen LogP contribution in [0.15, 0.2) is 144 Å². The van der Waals surface area contributed by atoms with Crippen molar-refractivity contribution in [3.63, 3.8) is 0 Å². The molecule has 0 amide bonds. The fourth-order valence-corrected chi connectivity index (χ4v) is 9.79. The molecule has 6 aromatic rings. The normalized spacial score (nSPS) is 15.7. The van der Waals surface area contributed by atoms with Gasteiger partial charge in [-0.2, -0.15) is 0 Å². The second-order valence-electron chi connectivity index (χ2n) is 16.6. The Morgan fingerprint density at radius 2 is 1.09 bits per heavy atom. The molecule has 2 aromatic heterocycles. The largest absolute Gasteiger partial charge is 0.494 e. The molecule has 362 valence electrons. The Labute approximate surface area is 405 Å². The fraction of sp³-hybridized carbons (Fsp3) is 0.365. The molecule has 0 spiro atoms. The van der Waals surface area contributed by atoms with E-state index in [1.165, 1.54) is 50.4 Å². The monoisotopic (exact) mass is 964 g/mol. The minimum atomic E-state index is -3.54. The molecule has 0 aliphatic carbocycles. The first-order valence-corrected chi connectivity index (χ1v) is 25.6. The van der Waals surface area contributed by atoms with Gasteiger partial charge >= 0.3 is 0 Å². The lowest BCUT2D eigenvalue weighted by atomic mass is 10.1. The van der Waals surface area contributed by atoms with E-state index in [4.69, 9.17) is 29.9 Å². The van der Waals surface area contributed by atoms with Gasteiger partial charge in [-0.25, -0.2) is 8.42 Å². The molecule has 4 aromatic carbocycles. The lowest BCUT2D eigenvalue weighted by Crippen LogP contribution is -2.28. The van der Waals surface area contributed by atoms with Gasteiger partial charge in [0.1, 0.15) is 16.5 Å². The van der Waals surface area contributed by atoms with E-state index >= 15 is 0 Å². The third-order valence-electron chi connectivity index (χ3n) is 11.4. The Kier molecular flexibility index (Phi) is 22.3. The number of likely N-dealkylation sites (tertiary alicyclic amines) is 2. The van der Waals surface area contributed by atoms with Gasteiger partial charge in [0, 0.05) is 49.0 Å². The maximum atomic E-state index is 12.6. The zero-order valence-corrected chi connectivity index (χ0v) is 40.8. The van der Waals surface area contributed by atoms with E-state index in [-0.39, 0.29) is 10.8 Å². The van der Waals surface area contributed by atoms with Crippen molar-refractivity contribution in [2.24, 2.45) is 0 Å². The highest BCUT2D eigenvalue weighted by Crippen LogP contribution is 2.26. The Morgan fingerprint density at radius 1 is 0.632 bits per heavy atom. The van der Waals surface area contributed by atoms with Crippen LogP contribution in [0, 0.1) is 0 Å². The predicted molar refractivity (Wildman–Crippen MR) is 268 cm³/mol. The molecule has 14 nitrogen and oxygen atoms in total. The first-order valence-electron chi connectivity index (χ1n) is 23.0. The third kappa shape index (κ3) is 18.1. The van der Waals surface area contributed by atoms with Crippen molar-refractivity contribution in [1.29, 1.82) is 0 Å². The minimum absolute atomic E-state index is 0.0163. The van der Waals surface area contributed by atoms with Crippen molar-refractivity contribution in [3.05, 3.63) is 145 Å². The van der Waals surface area contributed by atoms with Gasteiger partial charge in [0.25, 0.3) is 5.97 Å². The summed E-state index contributed by atoms with van der Waals surface area (Å²) in [7, 11) is -3.54. The van der Waals surface area contributed by atoms with Crippen molar-refractivity contribution in [2.75, 3.05) is 39.4 Å². The van der Waals surface area contributed by atoms with E-state index in [0.29, 0.717) is 18.3 Å². The van der Waals surface area contributed by atoms with Crippen LogP contribution in [-0.2, 0) is 26.1 Å². The molecular formula is C52H64N6O8S2. The summed E-state index contributed by atoms with van der Waals surface area (Å²) < 4.78 is 37.0. The molecule has 4 heterocycles. The second kappa shape index (κ2) is 28.5. The number of carbonyl (C=O) groups is 1. The number of aromatic nitrogens is 4. The lowest BCUT2D eigenvalue weighted by Gasteiger charge is -2.20. The molecule has 2 atom stereocenters. The van der Waals surface area contributed by atoms with Crippen LogP contribution in [-0.4, -0.2) is 112 Å². The summed E-state index contributed by atoms with van der Waals surface area (Å²) >= 11 is 1.70. The Morgan fingerprint density at radius 3 is 1.50 bits per heavy atom. The summed E-state index contributed by atoms with van der Waals surface area (Å²) in [6.45, 7) is 11.8. The average Bonchev–Trinajstić information content (AvgIpc) is 3.98. The summed E-state index contributed by atoms with van der Waals surface area (Å²) in [5, 5.41) is 37.2. The molecule has 16 heteroatoms. The van der Waals surface area contributed by atoms with Gasteiger partial charge in [0.2, 0.25) is 9.84 Å². The molecule has 0 unspecified atom stereocenters. The van der Waals surface area contributed by atoms with Crippen molar-refractivity contribution >= 4 is 27.6 Å². The SMILES string of the molecule is CC(=O)O.C[C@@H]1CCCN1CCCOc1ccc(-c2ccc(S(=O)(=O)Cc3ccccc3)nn2)cc1.C[C@@H]1CCCN1CCCOc1ccc(-c2ccc(SCc3ccccc3)nn2)cc1.OO. The van der Waals surface area contributed by atoms with E-state index in [1.807, 2.05) is 72.8 Å². The number of sulfone groups is 1. The van der Waals surface area contributed by atoms with Gasteiger partial charge in [-0.1, -0.05) is 72.4 Å². The highest BCUT2D eigenvalue weighted by molar-refractivity contribution is 7.98. The highest BCUT2D eigenvalue weighted by atomic mass is 32.2. The number of carboxylic acid groups (broad SMARTS) is 1. The zero-order chi connectivity index (χ0) is 48.6. The van der Waals surface area contributed by atoms with Crippen LogP contribution in [0.25, 0.3) is 22.5 Å². The molecule has 0 bridgehead atoms. The number of aliphatic carboxylic acids is 1. The number of benzene rings is 4. The van der Waals surface area contributed by atoms with Crippen LogP contribution in [0.3, 0.4) is 0 Å². The number of carboxylic acids is 1. The molecule has 2 aliphatic heterocycles. The fourth-order valence-electron chi connectivity index (χ4n) is 7.80. The van der Waals surface area contributed by atoms with Crippen LogP contribution < -0.4 is 9.47 Å². The molecule has 8 rings (SSSR count). The molecule has 3 N–H and O–H groups in total. The van der Waals surface area contributed by atoms with Crippen molar-refractivity contribution < 1.29 is 38.3 Å². The van der Waals surface area contributed by atoms with Crippen LogP contribution in [0.4, 0.5) is 0 Å². The van der Waals surface area contributed by atoms with Crippen molar-refractivity contribution in [1.82, 2.24) is 30.2 Å². The molecule has 2 saturated heterocycles. The number of rotatable bonds is 18. The van der Waals surface area contributed by atoms with Gasteiger partial charge in [-0.05, 0) is 149 Å². The summed E-state index contributed by atoms with van der Waals surface area (Å²) in [5.41, 5.74) is 5.44. The molecule has 0 radical (unpaired) electrons. The van der Waals surface area contributed by atoms with Crippen LogP contribution >= 0.6 is 11.8 Å². The van der Waals surface area contributed by atoms with Crippen LogP contribution in [0.1, 0.15) is 70.4 Å². The topological polar surface area (TPSA) is 188 Å². The number of hydrogen-bond donors (Lipinski definition) is 3. The summed E-state index contributed by atoms with van der Waals surface area (Å²) in [6.07, 6.45) is 7.34. The van der Waals surface area contributed by atoms with E-state index in [9.17, 15) is 8.42 Å². The summed E-state index contributed by atoms with van der Waals surface area (Å²) in [4.78, 5) is 14.1. The number of nitrogens with zero attached hydrogens (tertiary/aromatic N) is 6. The molecule has 0 saturated carbocycles. The molecular weight excluding hydrogens is 901 g/mol. The third-order valence-corrected chi connectivity index (χ3v) is 14.0. The zero-order valence-electron chi connectivity index (χ0n) is 39.1. The Hall–Kier alpha value is -5.75. The molecule has 2 aliphatic rings. The van der Waals surface area contributed by atoms with E-state index in [0.717, 1.165) is 90.2 Å². The predicted octanol–water partition coefficient (Wildman–Crippen LogP) is 10.2. The van der Waals surface area contributed by atoms with Gasteiger partial charge in [-0.3, -0.25) is 15.3 Å². The minimum Gasteiger partial charge on any atom is -0.494 e. The van der Waals surface area contributed by atoms with Gasteiger partial charge < -0.3 is 24.4 Å². The van der Waals surface area contributed by atoms with E-state index in [1.54, 1.807) is 30.0 Å². The number of ether oxygens (including phenoxy) is 2. The first kappa shape index (κ1) is 53.2. The van der Waals surface area contributed by atoms with E-state index in [2.05, 4.69) is 80.4 Å². The van der Waals surface area contributed by atoms with Crippen molar-refractivity contribution in [3.8, 4) is 34.0 Å². The molecule has 68 heavy (non-hydrogen) atoms. The first-order chi connectivity index (χ1) is 33.0. The van der Waals surface area contributed by atoms with Crippen LogP contribution in [0.5, 0.6) is 11.5 Å². The average molecular weight is 965 g/mol. The Balaban J connectivity index is 0.000000228. The summed E-state index contributed by atoms with van der Waals surface area (Å²) in [6, 6.07) is 44.0. The highest BCUT2D eigenvalue weighted by Gasteiger charge is 2.21. The summed E-state index contributed by atoms with van der Waals surface area (Å²) in [5.74, 6) is 1.71. The quantitative estimate of drug-likeness (QED) is 0.0319. The standard InChI is InChI=1S/C25H29N3O3S.C25H29N3OS.C2H4O2.H2O2/c1-20-7-5-16-28(20)17-6-18-31-23-12-10-22(11-13-23)24-14-15-25(27-26-24)32(29,30)19-21-8-3-2-4-9-21;1-20-7-5-16-28(20)17-6-18-29-23-12-10-22(11-13-23)24-14-15-25(27-26-24)30-19-21-8-3-2-4-9-21;1-2(3)4;1-2/h2-4,8-15,20H,5-7,16-19H2,1H3;2-4,8-15,20H,5-7,16-19H2,1H3;1H3,(H,3,4);1-2H/t2*20-;;/m11../s1. The van der Waals surface area contributed by atoms with Gasteiger partial charge in [-0.15, -0.1) is 20.4 Å². The van der Waals surface area contributed by atoms with Crippen molar-refractivity contribution in [2.45, 2.75) is 92.9 Å². The lowest BCUT2D eigenvalue weighted by molar-refractivity contribution is -0.176. The number of hydrogen-bond acceptors (Lipinski definition) is 14. The maximum Gasteiger partial charge on any atom is 0.300 e. The molecule has 2 fully saturated rings. The van der Waals surface area contributed by atoms with Gasteiger partial charge in [0.05, 0.1) is 30.4 Å². The second-order valence-corrected chi connectivity index (χ2v) is 19.5. The van der Waals surface area contributed by atoms with E-state index < -0.39 is 15.8 Å². The smallest absolute Gasteiger partial charge is 0.300 e.